The summed E-state index contributed by atoms with van der Waals surface area (Å²) in [4.78, 5) is 21.7. The largest absolute Gasteiger partial charge is 0.331 e. The van der Waals surface area contributed by atoms with Gasteiger partial charge in [0.25, 0.3) is 5.56 Å². The molecule has 2 aromatic heterocycles. The number of allylic oxidation sites excluding steroid dienone is 4. The molecule has 3 aromatic rings. The van der Waals surface area contributed by atoms with Crippen LogP contribution in [0.15, 0.2) is 56.5 Å². The lowest BCUT2D eigenvalue weighted by Crippen LogP contribution is -2.21. The van der Waals surface area contributed by atoms with E-state index in [1.54, 1.807) is 0 Å². The van der Waals surface area contributed by atoms with Crippen molar-refractivity contribution < 1.29 is 0 Å². The molecule has 132 valence electrons. The number of benzene rings is 1. The molecule has 0 bridgehead atoms. The third kappa shape index (κ3) is 3.22. The molecule has 8 heteroatoms. The molecule has 1 aliphatic rings. The van der Waals surface area contributed by atoms with E-state index in [4.69, 9.17) is 11.6 Å². The van der Waals surface area contributed by atoms with Crippen molar-refractivity contribution in [3.8, 4) is 0 Å². The van der Waals surface area contributed by atoms with Crippen molar-refractivity contribution in [3.63, 3.8) is 0 Å². The Labute approximate surface area is 167 Å². The second-order valence-electron chi connectivity index (χ2n) is 5.90. The van der Waals surface area contributed by atoms with Gasteiger partial charge in [0.2, 0.25) is 0 Å². The van der Waals surface area contributed by atoms with Crippen molar-refractivity contribution in [1.29, 1.82) is 0 Å². The van der Waals surface area contributed by atoms with Crippen LogP contribution in [-0.4, -0.2) is 14.5 Å². The third-order valence-electron chi connectivity index (χ3n) is 4.10. The normalized spacial score (nSPS) is 14.7. The highest BCUT2D eigenvalue weighted by Crippen LogP contribution is 2.31. The zero-order chi connectivity index (χ0) is 18.3. The van der Waals surface area contributed by atoms with E-state index in [9.17, 15) is 4.79 Å². The van der Waals surface area contributed by atoms with Gasteiger partial charge in [-0.2, -0.15) is 4.98 Å². The van der Waals surface area contributed by atoms with Gasteiger partial charge < -0.3 is 5.32 Å². The van der Waals surface area contributed by atoms with Gasteiger partial charge in [-0.1, -0.05) is 44.9 Å². The van der Waals surface area contributed by atoms with Crippen LogP contribution in [0, 0.1) is 0 Å². The maximum Gasteiger partial charge on any atom is 0.277 e. The van der Waals surface area contributed by atoms with Crippen molar-refractivity contribution in [3.05, 3.63) is 62.1 Å². The number of thiazole rings is 1. The van der Waals surface area contributed by atoms with E-state index in [1.165, 1.54) is 22.2 Å². The summed E-state index contributed by atoms with van der Waals surface area (Å²) in [6, 6.07) is 7.74. The van der Waals surface area contributed by atoms with E-state index in [0.29, 0.717) is 20.5 Å². The van der Waals surface area contributed by atoms with E-state index < -0.39 is 0 Å². The minimum Gasteiger partial charge on any atom is -0.331 e. The van der Waals surface area contributed by atoms with Gasteiger partial charge in [0.05, 0.1) is 5.70 Å². The average molecular weight is 450 g/mol. The fourth-order valence-electron chi connectivity index (χ4n) is 2.85. The number of hydrogen-bond donors (Lipinski definition) is 1. The number of aromatic nitrogens is 3. The number of fused-ring (bicyclic) bond motifs is 1. The van der Waals surface area contributed by atoms with Crippen LogP contribution >= 0.6 is 38.9 Å². The van der Waals surface area contributed by atoms with Crippen LogP contribution in [0.5, 0.6) is 0 Å². The van der Waals surface area contributed by atoms with Gasteiger partial charge in [0, 0.05) is 15.2 Å². The number of hydrogen-bond acceptors (Lipinski definition) is 5. The molecule has 26 heavy (non-hydrogen) atoms. The van der Waals surface area contributed by atoms with Crippen molar-refractivity contribution in [1.82, 2.24) is 14.5 Å². The molecule has 5 nitrogen and oxygen atoms in total. The molecule has 1 aliphatic carbocycles. The van der Waals surface area contributed by atoms with Gasteiger partial charge in [0.1, 0.15) is 11.0 Å². The quantitative estimate of drug-likeness (QED) is 0.573. The first-order valence-corrected chi connectivity index (χ1v) is 9.98. The molecule has 0 unspecified atom stereocenters. The molecule has 0 fully saturated rings. The molecule has 0 atom stereocenters. The first kappa shape index (κ1) is 17.5. The highest BCUT2D eigenvalue weighted by molar-refractivity contribution is 9.10. The molecule has 0 radical (unpaired) electrons. The molecular weight excluding hydrogens is 436 g/mol. The van der Waals surface area contributed by atoms with Gasteiger partial charge >= 0.3 is 0 Å². The first-order chi connectivity index (χ1) is 12.5. The topological polar surface area (TPSA) is 59.8 Å². The number of rotatable bonds is 3. The Hall–Kier alpha value is -1.96. The standard InChI is InChI=1S/C18H14BrClN4OS/c1-10-3-2-4-13(20)14(10)24-9-21-16-15(17(24)25)26-18(23-16)22-12-7-5-11(19)6-8-12/h3,5-9H,2,4H2,1H3,(H,22,23). The Balaban J connectivity index is 1.76. The van der Waals surface area contributed by atoms with E-state index >= 15 is 0 Å². The molecule has 0 spiro atoms. The summed E-state index contributed by atoms with van der Waals surface area (Å²) in [6.45, 7) is 1.96. The molecule has 0 saturated heterocycles. The Kier molecular flexibility index (Phi) is 4.69. The molecule has 0 aliphatic heterocycles. The minimum absolute atomic E-state index is 0.154. The average Bonchev–Trinajstić information content (AvgIpc) is 3.02. The summed E-state index contributed by atoms with van der Waals surface area (Å²) in [7, 11) is 0. The summed E-state index contributed by atoms with van der Waals surface area (Å²) in [5.41, 5.74) is 2.89. The first-order valence-electron chi connectivity index (χ1n) is 8.00. The number of halogens is 2. The minimum atomic E-state index is -0.154. The van der Waals surface area contributed by atoms with Gasteiger partial charge in [-0.3, -0.25) is 9.36 Å². The van der Waals surface area contributed by atoms with Crippen molar-refractivity contribution in [2.75, 3.05) is 5.32 Å². The molecule has 2 heterocycles. The molecule has 4 rings (SSSR count). The molecule has 1 aromatic carbocycles. The van der Waals surface area contributed by atoms with Gasteiger partial charge in [-0.05, 0) is 49.6 Å². The van der Waals surface area contributed by atoms with Crippen LogP contribution in [0.4, 0.5) is 10.8 Å². The zero-order valence-corrected chi connectivity index (χ0v) is 17.0. The number of nitrogens with zero attached hydrogens (tertiary/aromatic N) is 3. The third-order valence-corrected chi connectivity index (χ3v) is 5.94. The summed E-state index contributed by atoms with van der Waals surface area (Å²) >= 11 is 11.1. The highest BCUT2D eigenvalue weighted by atomic mass is 79.9. The van der Waals surface area contributed by atoms with E-state index in [2.05, 4.69) is 37.3 Å². The highest BCUT2D eigenvalue weighted by Gasteiger charge is 2.18. The molecular formula is C18H14BrClN4OS. The second-order valence-corrected chi connectivity index (χ2v) is 8.27. The zero-order valence-electron chi connectivity index (χ0n) is 13.8. The summed E-state index contributed by atoms with van der Waals surface area (Å²) in [5, 5.41) is 4.53. The van der Waals surface area contributed by atoms with Crippen LogP contribution < -0.4 is 10.9 Å². The maximum atomic E-state index is 13.0. The van der Waals surface area contributed by atoms with E-state index in [0.717, 1.165) is 34.3 Å². The fraction of sp³-hybridized carbons (Fsp3) is 0.167. The summed E-state index contributed by atoms with van der Waals surface area (Å²) in [5.74, 6) is 0. The Morgan fingerprint density at radius 1 is 1.31 bits per heavy atom. The van der Waals surface area contributed by atoms with Crippen molar-refractivity contribution in [2.45, 2.75) is 19.8 Å². The number of anilines is 2. The fourth-order valence-corrected chi connectivity index (χ4v) is 4.33. The van der Waals surface area contributed by atoms with Crippen LogP contribution in [0.1, 0.15) is 19.8 Å². The van der Waals surface area contributed by atoms with Crippen molar-refractivity contribution >= 4 is 65.7 Å². The summed E-state index contributed by atoms with van der Waals surface area (Å²) in [6.07, 6.45) is 5.22. The second kappa shape index (κ2) is 6.98. The van der Waals surface area contributed by atoms with E-state index in [-0.39, 0.29) is 5.56 Å². The Morgan fingerprint density at radius 2 is 2.08 bits per heavy atom. The van der Waals surface area contributed by atoms with Gasteiger partial charge in [0.15, 0.2) is 10.8 Å². The predicted molar refractivity (Wildman–Crippen MR) is 111 cm³/mol. The van der Waals surface area contributed by atoms with Crippen LogP contribution in [0.2, 0.25) is 0 Å². The lowest BCUT2D eigenvalue weighted by molar-refractivity contribution is 0.922. The van der Waals surface area contributed by atoms with Crippen molar-refractivity contribution in [2.24, 2.45) is 0 Å². The molecule has 0 saturated carbocycles. The molecule has 0 amide bonds. The Bertz CT molecular complexity index is 1110. The van der Waals surface area contributed by atoms with Gasteiger partial charge in [-0.15, -0.1) is 0 Å². The van der Waals surface area contributed by atoms with Crippen LogP contribution in [-0.2, 0) is 0 Å². The lowest BCUT2D eigenvalue weighted by Gasteiger charge is -2.17. The SMILES string of the molecule is CC1=CCCC(Cl)=C1n1cnc2nc(Nc3ccc(Br)cc3)sc2c1=O. The monoisotopic (exact) mass is 448 g/mol. The molecule has 1 N–H and O–H groups in total. The van der Waals surface area contributed by atoms with Crippen LogP contribution in [0.3, 0.4) is 0 Å². The summed E-state index contributed by atoms with van der Waals surface area (Å²) < 4.78 is 3.03. The predicted octanol–water partition coefficient (Wildman–Crippen LogP) is 5.51. The van der Waals surface area contributed by atoms with Crippen LogP contribution in [0.25, 0.3) is 16.0 Å². The lowest BCUT2D eigenvalue weighted by atomic mass is 10.0. The smallest absolute Gasteiger partial charge is 0.277 e. The maximum absolute atomic E-state index is 13.0. The van der Waals surface area contributed by atoms with Gasteiger partial charge in [-0.25, -0.2) is 4.98 Å². The number of nitrogens with one attached hydrogen (secondary N) is 1. The Morgan fingerprint density at radius 3 is 2.81 bits per heavy atom. The van der Waals surface area contributed by atoms with E-state index in [1.807, 2.05) is 31.2 Å².